The molecule has 12 heteroatoms. The highest BCUT2D eigenvalue weighted by Crippen LogP contribution is 2.59. The summed E-state index contributed by atoms with van der Waals surface area (Å²) in [6, 6.07) is -0.0422. The van der Waals surface area contributed by atoms with Crippen molar-refractivity contribution in [3.63, 3.8) is 0 Å². The van der Waals surface area contributed by atoms with Gasteiger partial charge in [-0.1, -0.05) is 30.4 Å². The minimum Gasteiger partial charge on any atom is -0.170 e. The van der Waals surface area contributed by atoms with Crippen molar-refractivity contribution in [3.8, 4) is 0 Å². The van der Waals surface area contributed by atoms with Gasteiger partial charge in [0.1, 0.15) is 5.41 Å². The van der Waals surface area contributed by atoms with E-state index in [1.165, 1.54) is 0 Å². The van der Waals surface area contributed by atoms with Crippen LogP contribution in [-0.4, -0.2) is 12.4 Å². The molecule has 0 saturated carbocycles. The summed E-state index contributed by atoms with van der Waals surface area (Å²) in [5.74, 6) is -3.70. The maximum Gasteiger partial charge on any atom is 0.416 e. The van der Waals surface area contributed by atoms with Gasteiger partial charge in [0.25, 0.3) is 0 Å². The van der Waals surface area contributed by atoms with Gasteiger partial charge in [-0.2, -0.15) is 52.7 Å². The van der Waals surface area contributed by atoms with Crippen LogP contribution in [0, 0.1) is 5.92 Å². The van der Waals surface area contributed by atoms with Crippen molar-refractivity contribution in [2.75, 3.05) is 0 Å². The fourth-order valence-corrected chi connectivity index (χ4v) is 3.13. The van der Waals surface area contributed by atoms with Crippen LogP contribution in [-0.2, 0) is 17.8 Å². The van der Waals surface area contributed by atoms with Crippen LogP contribution >= 0.6 is 0 Å². The van der Waals surface area contributed by atoms with Gasteiger partial charge in [0.15, 0.2) is 0 Å². The lowest BCUT2D eigenvalue weighted by Crippen LogP contribution is -2.54. The van der Waals surface area contributed by atoms with Crippen molar-refractivity contribution in [1.29, 1.82) is 0 Å². The Morgan fingerprint density at radius 1 is 0.679 bits per heavy atom. The zero-order valence-electron chi connectivity index (χ0n) is 13.2. The van der Waals surface area contributed by atoms with Gasteiger partial charge in [-0.25, -0.2) is 0 Å². The van der Waals surface area contributed by atoms with Crippen molar-refractivity contribution >= 4 is 0 Å². The molecule has 1 aromatic rings. The van der Waals surface area contributed by atoms with E-state index >= 15 is 0 Å². The number of hydrogen-bond donors (Lipinski definition) is 0. The van der Waals surface area contributed by atoms with Gasteiger partial charge in [0, 0.05) is 0 Å². The molecule has 1 aliphatic carbocycles. The summed E-state index contributed by atoms with van der Waals surface area (Å²) in [5, 5.41) is 0. The number of rotatable bonds is 1. The molecule has 2 unspecified atom stereocenters. The minimum absolute atomic E-state index is 0.110. The Hall–Kier alpha value is -2.14. The summed E-state index contributed by atoms with van der Waals surface area (Å²) in [6.07, 6.45) is -23.1. The van der Waals surface area contributed by atoms with E-state index in [4.69, 9.17) is 0 Å². The van der Waals surface area contributed by atoms with Crippen LogP contribution in [0.15, 0.2) is 42.5 Å². The predicted octanol–water partition coefficient (Wildman–Crippen LogP) is 6.83. The first-order valence-electron chi connectivity index (χ1n) is 7.21. The molecule has 1 aromatic carbocycles. The van der Waals surface area contributed by atoms with Crippen LogP contribution in [0.2, 0.25) is 0 Å². The van der Waals surface area contributed by atoms with E-state index in [0.29, 0.717) is 12.2 Å². The van der Waals surface area contributed by atoms with E-state index in [2.05, 4.69) is 0 Å². The molecule has 0 nitrogen and oxygen atoms in total. The van der Waals surface area contributed by atoms with Crippen molar-refractivity contribution in [3.05, 3.63) is 59.2 Å². The van der Waals surface area contributed by atoms with Gasteiger partial charge in [0.2, 0.25) is 0 Å². The molecule has 0 saturated heterocycles. The molecular weight excluding hydrogens is 420 g/mol. The van der Waals surface area contributed by atoms with Crippen LogP contribution in [0.25, 0.3) is 0 Å². The highest BCUT2D eigenvalue weighted by molar-refractivity contribution is 5.51. The molecule has 0 bridgehead atoms. The van der Waals surface area contributed by atoms with Crippen molar-refractivity contribution in [2.45, 2.75) is 30.1 Å². The average molecular weight is 428 g/mol. The molecule has 0 N–H and O–H groups in total. The number of hydrogen-bond acceptors (Lipinski definition) is 0. The van der Waals surface area contributed by atoms with Crippen molar-refractivity contribution in [1.82, 2.24) is 0 Å². The Labute approximate surface area is 149 Å². The largest absolute Gasteiger partial charge is 0.416 e. The SMILES string of the molecule is FC(F)(F)c1cccc(C(F)(F)F)c1C1(C(F)(F)F)C=CC=CC1C(F)(F)F. The second-order valence-electron chi connectivity index (χ2n) is 5.85. The normalized spacial score (nSPS) is 23.9. The first-order chi connectivity index (χ1) is 12.4. The lowest BCUT2D eigenvalue weighted by atomic mass is 9.64. The fraction of sp³-hybridized carbons (Fsp3) is 0.375. The zero-order valence-corrected chi connectivity index (χ0v) is 13.2. The van der Waals surface area contributed by atoms with Gasteiger partial charge in [-0.15, -0.1) is 0 Å². The van der Waals surface area contributed by atoms with E-state index in [0.717, 1.165) is 0 Å². The van der Waals surface area contributed by atoms with Gasteiger partial charge < -0.3 is 0 Å². The monoisotopic (exact) mass is 428 g/mol. The second kappa shape index (κ2) is 6.45. The minimum atomic E-state index is -6.14. The maximum absolute atomic E-state index is 13.9. The Kier molecular flexibility index (Phi) is 5.10. The fourth-order valence-electron chi connectivity index (χ4n) is 3.13. The number of alkyl halides is 12. The smallest absolute Gasteiger partial charge is 0.170 e. The van der Waals surface area contributed by atoms with Crippen LogP contribution in [0.3, 0.4) is 0 Å². The summed E-state index contributed by atoms with van der Waals surface area (Å²) in [6.45, 7) is 0. The third-order valence-electron chi connectivity index (χ3n) is 4.17. The molecular formula is C16H8F12. The quantitative estimate of drug-likeness (QED) is 0.431. The topological polar surface area (TPSA) is 0 Å². The summed E-state index contributed by atoms with van der Waals surface area (Å²) in [4.78, 5) is 0. The highest BCUT2D eigenvalue weighted by Gasteiger charge is 2.68. The molecule has 156 valence electrons. The average Bonchev–Trinajstić information content (AvgIpc) is 2.50. The van der Waals surface area contributed by atoms with Crippen molar-refractivity contribution < 1.29 is 52.7 Å². The molecule has 0 aliphatic heterocycles. The number of allylic oxidation sites excluding steroid dienone is 4. The first kappa shape index (κ1) is 22.2. The first-order valence-corrected chi connectivity index (χ1v) is 7.21. The predicted molar refractivity (Wildman–Crippen MR) is 72.0 cm³/mol. The Morgan fingerprint density at radius 2 is 1.14 bits per heavy atom. The Balaban J connectivity index is 3.10. The standard InChI is InChI=1S/C16H8F12/c17-13(18,19)8-4-3-5-9(14(20,21)22)11(8)12(16(26,27)28)7-2-1-6-10(12)15(23,24)25/h1-7,10H. The van der Waals surface area contributed by atoms with Crippen LogP contribution in [0.4, 0.5) is 52.7 Å². The van der Waals surface area contributed by atoms with Gasteiger partial charge >= 0.3 is 24.7 Å². The molecule has 0 amide bonds. The Morgan fingerprint density at radius 3 is 1.50 bits per heavy atom. The molecule has 2 rings (SSSR count). The lowest BCUT2D eigenvalue weighted by Gasteiger charge is -2.43. The number of halogens is 12. The van der Waals surface area contributed by atoms with E-state index in [1.54, 1.807) is 0 Å². The second-order valence-corrected chi connectivity index (χ2v) is 5.85. The van der Waals surface area contributed by atoms with E-state index in [1.807, 2.05) is 0 Å². The highest BCUT2D eigenvalue weighted by atomic mass is 19.4. The van der Waals surface area contributed by atoms with Crippen molar-refractivity contribution in [2.24, 2.45) is 5.92 Å². The molecule has 0 radical (unpaired) electrons. The van der Waals surface area contributed by atoms with Crippen LogP contribution < -0.4 is 0 Å². The maximum atomic E-state index is 13.9. The summed E-state index contributed by atoms with van der Waals surface area (Å²) < 4.78 is 161. The van der Waals surface area contributed by atoms with E-state index < -0.39 is 52.7 Å². The van der Waals surface area contributed by atoms with Gasteiger partial charge in [0.05, 0.1) is 17.0 Å². The Bertz CT molecular complexity index is 756. The molecule has 0 spiro atoms. The molecule has 0 aromatic heterocycles. The lowest BCUT2D eigenvalue weighted by molar-refractivity contribution is -0.247. The number of benzene rings is 1. The molecule has 1 aliphatic rings. The summed E-state index contributed by atoms with van der Waals surface area (Å²) in [7, 11) is 0. The van der Waals surface area contributed by atoms with E-state index in [9.17, 15) is 52.7 Å². The summed E-state index contributed by atoms with van der Waals surface area (Å²) >= 11 is 0. The van der Waals surface area contributed by atoms with Gasteiger partial charge in [-0.3, -0.25) is 0 Å². The molecule has 0 fully saturated rings. The zero-order chi connectivity index (χ0) is 21.8. The molecule has 28 heavy (non-hydrogen) atoms. The summed E-state index contributed by atoms with van der Waals surface area (Å²) in [5.41, 5.74) is -12.1. The van der Waals surface area contributed by atoms with E-state index in [-0.39, 0.29) is 30.4 Å². The molecule has 0 heterocycles. The van der Waals surface area contributed by atoms with Crippen LogP contribution in [0.5, 0.6) is 0 Å². The van der Waals surface area contributed by atoms with Crippen LogP contribution in [0.1, 0.15) is 16.7 Å². The molecule has 2 atom stereocenters. The third-order valence-corrected chi connectivity index (χ3v) is 4.17. The van der Waals surface area contributed by atoms with Gasteiger partial charge in [-0.05, 0) is 17.7 Å². The third kappa shape index (κ3) is 3.60.